The zero-order valence-electron chi connectivity index (χ0n) is 12.4. The van der Waals surface area contributed by atoms with Gasteiger partial charge in [-0.3, -0.25) is 0 Å². The number of nitrogens with one attached hydrogen (secondary N) is 1. The van der Waals surface area contributed by atoms with Gasteiger partial charge >= 0.3 is 0 Å². The fraction of sp³-hybridized carbons (Fsp3) is 0.429. The Hall–Kier alpha value is -0.270. The quantitative estimate of drug-likeness (QED) is 0.764. The summed E-state index contributed by atoms with van der Waals surface area (Å²) in [6.45, 7) is 7.24. The van der Waals surface area contributed by atoms with Crippen LogP contribution in [0.4, 0.5) is 0 Å². The molecule has 0 saturated heterocycles. The lowest BCUT2D eigenvalue weighted by atomic mass is 10.1. The number of benzene rings is 1. The second-order valence-corrected chi connectivity index (χ2v) is 9.17. The molecule has 0 radical (unpaired) electrons. The van der Waals surface area contributed by atoms with Gasteiger partial charge in [0.05, 0.1) is 5.02 Å². The number of aromatic nitrogens is 2. The molecular formula is C14H18ClN3S3. The van der Waals surface area contributed by atoms with Crippen LogP contribution in [0.25, 0.3) is 0 Å². The Kier molecular flexibility index (Phi) is 5.96. The van der Waals surface area contributed by atoms with Crippen molar-refractivity contribution in [3.63, 3.8) is 0 Å². The SMILES string of the molecule is CSc1nnc(Sc2c(Cl)cccc2CNC(C)(C)C)s1. The summed E-state index contributed by atoms with van der Waals surface area (Å²) in [6, 6.07) is 6.00. The van der Waals surface area contributed by atoms with Gasteiger partial charge in [-0.2, -0.15) is 0 Å². The van der Waals surface area contributed by atoms with E-state index in [0.29, 0.717) is 0 Å². The average Bonchev–Trinajstić information content (AvgIpc) is 2.86. The minimum atomic E-state index is 0.0685. The molecule has 0 aliphatic heterocycles. The average molecular weight is 360 g/mol. The molecule has 0 fully saturated rings. The fourth-order valence-corrected chi connectivity index (χ4v) is 4.40. The fourth-order valence-electron chi connectivity index (χ4n) is 1.58. The van der Waals surface area contributed by atoms with Gasteiger partial charge < -0.3 is 5.32 Å². The summed E-state index contributed by atoms with van der Waals surface area (Å²) in [6.07, 6.45) is 2.00. The molecule has 1 aromatic carbocycles. The van der Waals surface area contributed by atoms with Crippen LogP contribution in [0.5, 0.6) is 0 Å². The number of hydrogen-bond acceptors (Lipinski definition) is 6. The van der Waals surface area contributed by atoms with Gasteiger partial charge in [0.15, 0.2) is 8.68 Å². The third-order valence-electron chi connectivity index (χ3n) is 2.61. The summed E-state index contributed by atoms with van der Waals surface area (Å²) in [5.74, 6) is 0. The van der Waals surface area contributed by atoms with E-state index in [1.165, 1.54) is 5.56 Å². The maximum Gasteiger partial charge on any atom is 0.179 e. The van der Waals surface area contributed by atoms with Crippen LogP contribution in [0.1, 0.15) is 26.3 Å². The van der Waals surface area contributed by atoms with Crippen LogP contribution in [-0.2, 0) is 6.54 Å². The lowest BCUT2D eigenvalue weighted by molar-refractivity contribution is 0.422. The van der Waals surface area contributed by atoms with Crippen molar-refractivity contribution in [2.45, 2.75) is 46.4 Å². The largest absolute Gasteiger partial charge is 0.308 e. The van der Waals surface area contributed by atoms with Gasteiger partial charge in [-0.25, -0.2) is 0 Å². The maximum atomic E-state index is 6.37. The molecule has 3 nitrogen and oxygen atoms in total. The van der Waals surface area contributed by atoms with E-state index >= 15 is 0 Å². The third-order valence-corrected chi connectivity index (χ3v) is 6.17. The molecule has 0 spiro atoms. The van der Waals surface area contributed by atoms with Crippen molar-refractivity contribution >= 4 is 46.5 Å². The second kappa shape index (κ2) is 7.33. The Morgan fingerprint density at radius 2 is 1.95 bits per heavy atom. The van der Waals surface area contributed by atoms with Crippen LogP contribution in [-0.4, -0.2) is 22.0 Å². The topological polar surface area (TPSA) is 37.8 Å². The Morgan fingerprint density at radius 1 is 1.24 bits per heavy atom. The molecule has 0 bridgehead atoms. The van der Waals surface area contributed by atoms with E-state index in [1.807, 2.05) is 18.4 Å². The van der Waals surface area contributed by atoms with Crippen LogP contribution in [0.15, 0.2) is 31.8 Å². The predicted octanol–water partition coefficient (Wildman–Crippen LogP) is 4.95. The van der Waals surface area contributed by atoms with Crippen molar-refractivity contribution in [1.82, 2.24) is 15.5 Å². The predicted molar refractivity (Wildman–Crippen MR) is 93.9 cm³/mol. The van der Waals surface area contributed by atoms with Crippen molar-refractivity contribution in [2.24, 2.45) is 0 Å². The third kappa shape index (κ3) is 5.14. The van der Waals surface area contributed by atoms with Gasteiger partial charge in [-0.1, -0.05) is 58.6 Å². The van der Waals surface area contributed by atoms with Crippen LogP contribution in [0, 0.1) is 0 Å². The van der Waals surface area contributed by atoms with E-state index in [0.717, 1.165) is 25.1 Å². The molecule has 21 heavy (non-hydrogen) atoms. The highest BCUT2D eigenvalue weighted by molar-refractivity contribution is 8.03. The van der Waals surface area contributed by atoms with E-state index in [9.17, 15) is 0 Å². The number of hydrogen-bond donors (Lipinski definition) is 1. The number of halogens is 1. The molecule has 1 heterocycles. The van der Waals surface area contributed by atoms with Gasteiger partial charge in [0.1, 0.15) is 0 Å². The first-order chi connectivity index (χ1) is 9.89. The molecule has 0 aliphatic rings. The molecule has 0 amide bonds. The summed E-state index contributed by atoms with van der Waals surface area (Å²) in [5, 5.41) is 12.6. The van der Waals surface area contributed by atoms with Crippen LogP contribution >= 0.6 is 46.5 Å². The summed E-state index contributed by atoms with van der Waals surface area (Å²) in [5.41, 5.74) is 1.25. The van der Waals surface area contributed by atoms with Crippen molar-refractivity contribution in [3.05, 3.63) is 28.8 Å². The molecule has 2 rings (SSSR count). The number of nitrogens with zero attached hydrogens (tertiary/aromatic N) is 2. The van der Waals surface area contributed by atoms with E-state index in [2.05, 4.69) is 42.4 Å². The maximum absolute atomic E-state index is 6.37. The van der Waals surface area contributed by atoms with Gasteiger partial charge in [-0.05, 0) is 38.7 Å². The van der Waals surface area contributed by atoms with Gasteiger partial charge in [0.25, 0.3) is 0 Å². The highest BCUT2D eigenvalue weighted by Gasteiger charge is 2.15. The first kappa shape index (κ1) is 17.1. The van der Waals surface area contributed by atoms with Crippen molar-refractivity contribution in [1.29, 1.82) is 0 Å². The molecule has 7 heteroatoms. The minimum absolute atomic E-state index is 0.0685. The van der Waals surface area contributed by atoms with Crippen LogP contribution in [0.3, 0.4) is 0 Å². The minimum Gasteiger partial charge on any atom is -0.308 e. The Balaban J connectivity index is 2.21. The van der Waals surface area contributed by atoms with E-state index in [-0.39, 0.29) is 5.54 Å². The second-order valence-electron chi connectivity index (χ2n) is 5.47. The summed E-state index contributed by atoms with van der Waals surface area (Å²) in [4.78, 5) is 1.06. The lowest BCUT2D eigenvalue weighted by Crippen LogP contribution is -2.35. The number of thioether (sulfide) groups is 1. The van der Waals surface area contributed by atoms with Gasteiger partial charge in [-0.15, -0.1) is 10.2 Å². The van der Waals surface area contributed by atoms with Crippen LogP contribution < -0.4 is 5.32 Å². The zero-order valence-corrected chi connectivity index (χ0v) is 15.6. The highest BCUT2D eigenvalue weighted by atomic mass is 35.5. The molecular weight excluding hydrogens is 342 g/mol. The lowest BCUT2D eigenvalue weighted by Gasteiger charge is -2.21. The molecule has 1 aromatic heterocycles. The molecule has 2 aromatic rings. The molecule has 0 saturated carbocycles. The van der Waals surface area contributed by atoms with Crippen molar-refractivity contribution in [3.8, 4) is 0 Å². The Bertz CT molecular complexity index is 608. The number of rotatable bonds is 5. The van der Waals surface area contributed by atoms with E-state index in [4.69, 9.17) is 11.6 Å². The summed E-state index contributed by atoms with van der Waals surface area (Å²) in [7, 11) is 0. The van der Waals surface area contributed by atoms with E-state index in [1.54, 1.807) is 34.9 Å². The van der Waals surface area contributed by atoms with E-state index < -0.39 is 0 Å². The van der Waals surface area contributed by atoms with Crippen LogP contribution in [0.2, 0.25) is 5.02 Å². The zero-order chi connectivity index (χ0) is 15.5. The standard InChI is InChI=1S/C14H18ClN3S3/c1-14(2,3)16-8-9-6-5-7-10(15)11(9)20-13-18-17-12(19-4)21-13/h5-7,16H,8H2,1-4H3. The van der Waals surface area contributed by atoms with Gasteiger partial charge in [0.2, 0.25) is 0 Å². The Labute approximate surface area is 143 Å². The highest BCUT2D eigenvalue weighted by Crippen LogP contribution is 2.38. The molecule has 0 unspecified atom stereocenters. The Morgan fingerprint density at radius 3 is 2.57 bits per heavy atom. The monoisotopic (exact) mass is 359 g/mol. The molecule has 0 atom stereocenters. The molecule has 114 valence electrons. The van der Waals surface area contributed by atoms with Gasteiger partial charge in [0, 0.05) is 17.0 Å². The summed E-state index contributed by atoms with van der Waals surface area (Å²) < 4.78 is 1.89. The first-order valence-electron chi connectivity index (χ1n) is 6.47. The molecule has 1 N–H and O–H groups in total. The summed E-state index contributed by atoms with van der Waals surface area (Å²) >= 11 is 11.2. The smallest absolute Gasteiger partial charge is 0.179 e. The first-order valence-corrected chi connectivity index (χ1v) is 9.70. The molecule has 0 aliphatic carbocycles. The van der Waals surface area contributed by atoms with Crippen molar-refractivity contribution in [2.75, 3.05) is 6.26 Å². The normalized spacial score (nSPS) is 11.9. The van der Waals surface area contributed by atoms with Crippen molar-refractivity contribution < 1.29 is 0 Å².